The fourth-order valence-corrected chi connectivity index (χ4v) is 1.23. The van der Waals surface area contributed by atoms with E-state index in [-0.39, 0.29) is 18.2 Å². The molecule has 0 saturated heterocycles. The lowest BCUT2D eigenvalue weighted by atomic mass is 10.0. The Labute approximate surface area is 88.4 Å². The van der Waals surface area contributed by atoms with Crippen molar-refractivity contribution in [1.29, 1.82) is 0 Å². The van der Waals surface area contributed by atoms with E-state index in [0.29, 0.717) is 5.56 Å². The lowest BCUT2D eigenvalue weighted by Crippen LogP contribution is -2.35. The van der Waals surface area contributed by atoms with Crippen molar-refractivity contribution in [3.63, 3.8) is 0 Å². The van der Waals surface area contributed by atoms with Gasteiger partial charge in [0, 0.05) is 13.3 Å². The topological polar surface area (TPSA) is 91.2 Å². The largest absolute Gasteiger partial charge is 0.383 e. The standard InChI is InChI=1S/C10H15N3O2/c1-6-3-7(10(12)13-4-6)9(14)8(11)5-15-2/h3-4,8H,5,11H2,1-2H3,(H2,12,13). The smallest absolute Gasteiger partial charge is 0.185 e. The number of nitrogens with two attached hydrogens (primary N) is 2. The summed E-state index contributed by atoms with van der Waals surface area (Å²) in [4.78, 5) is 15.7. The van der Waals surface area contributed by atoms with Gasteiger partial charge in [-0.05, 0) is 18.6 Å². The normalized spacial score (nSPS) is 12.5. The fraction of sp³-hybridized carbons (Fsp3) is 0.400. The van der Waals surface area contributed by atoms with Crippen molar-refractivity contribution in [2.45, 2.75) is 13.0 Å². The Morgan fingerprint density at radius 1 is 1.67 bits per heavy atom. The number of nitrogens with zero attached hydrogens (tertiary/aromatic N) is 1. The first-order valence-corrected chi connectivity index (χ1v) is 4.57. The molecule has 1 atom stereocenters. The molecule has 0 aliphatic rings. The highest BCUT2D eigenvalue weighted by Crippen LogP contribution is 2.12. The number of rotatable bonds is 4. The summed E-state index contributed by atoms with van der Waals surface area (Å²) in [7, 11) is 1.49. The summed E-state index contributed by atoms with van der Waals surface area (Å²) in [6.07, 6.45) is 1.61. The SMILES string of the molecule is COCC(N)C(=O)c1cc(C)cnc1N. The number of anilines is 1. The molecule has 0 spiro atoms. The second-order valence-electron chi connectivity index (χ2n) is 3.37. The number of pyridine rings is 1. The van der Waals surface area contributed by atoms with Crippen molar-refractivity contribution < 1.29 is 9.53 Å². The van der Waals surface area contributed by atoms with Crippen LogP contribution in [0.3, 0.4) is 0 Å². The lowest BCUT2D eigenvalue weighted by Gasteiger charge is -2.10. The number of hydrogen-bond acceptors (Lipinski definition) is 5. The third kappa shape index (κ3) is 2.74. The summed E-state index contributed by atoms with van der Waals surface area (Å²) in [5.74, 6) is -0.0392. The van der Waals surface area contributed by atoms with Gasteiger partial charge in [0.25, 0.3) is 0 Å². The van der Waals surface area contributed by atoms with Gasteiger partial charge in [0.2, 0.25) is 0 Å². The van der Waals surface area contributed by atoms with Gasteiger partial charge in [0.1, 0.15) is 5.82 Å². The Morgan fingerprint density at radius 2 is 2.33 bits per heavy atom. The molecule has 0 aromatic carbocycles. The number of aryl methyl sites for hydroxylation is 1. The van der Waals surface area contributed by atoms with E-state index in [4.69, 9.17) is 16.2 Å². The molecule has 1 aromatic rings. The van der Waals surface area contributed by atoms with Gasteiger partial charge in [-0.2, -0.15) is 0 Å². The zero-order valence-corrected chi connectivity index (χ0v) is 8.86. The molecule has 0 amide bonds. The highest BCUT2D eigenvalue weighted by molar-refractivity contribution is 6.03. The van der Waals surface area contributed by atoms with Crippen LogP contribution in [-0.2, 0) is 4.74 Å². The molecule has 82 valence electrons. The van der Waals surface area contributed by atoms with Crippen LogP contribution in [0.15, 0.2) is 12.3 Å². The van der Waals surface area contributed by atoms with Gasteiger partial charge in [-0.1, -0.05) is 0 Å². The average molecular weight is 209 g/mol. The van der Waals surface area contributed by atoms with Crippen molar-refractivity contribution in [2.24, 2.45) is 5.73 Å². The molecule has 5 nitrogen and oxygen atoms in total. The number of hydrogen-bond donors (Lipinski definition) is 2. The first-order chi connectivity index (χ1) is 7.06. The molecular formula is C10H15N3O2. The van der Waals surface area contributed by atoms with Crippen molar-refractivity contribution in [3.05, 3.63) is 23.4 Å². The minimum atomic E-state index is -0.694. The maximum absolute atomic E-state index is 11.8. The third-order valence-electron chi connectivity index (χ3n) is 2.00. The zero-order chi connectivity index (χ0) is 11.4. The number of nitrogen functional groups attached to an aromatic ring is 1. The molecule has 0 fully saturated rings. The van der Waals surface area contributed by atoms with Crippen LogP contribution >= 0.6 is 0 Å². The molecule has 0 radical (unpaired) electrons. The number of methoxy groups -OCH3 is 1. The third-order valence-corrected chi connectivity index (χ3v) is 2.00. The van der Waals surface area contributed by atoms with Crippen molar-refractivity contribution in [3.8, 4) is 0 Å². The van der Waals surface area contributed by atoms with Gasteiger partial charge in [-0.3, -0.25) is 4.79 Å². The van der Waals surface area contributed by atoms with Crippen LogP contribution in [0.5, 0.6) is 0 Å². The second kappa shape index (κ2) is 4.86. The highest BCUT2D eigenvalue weighted by atomic mass is 16.5. The van der Waals surface area contributed by atoms with Crippen LogP contribution in [0.4, 0.5) is 5.82 Å². The molecule has 1 rings (SSSR count). The second-order valence-corrected chi connectivity index (χ2v) is 3.37. The first kappa shape index (κ1) is 11.6. The van der Waals surface area contributed by atoms with E-state index < -0.39 is 6.04 Å². The average Bonchev–Trinajstić information content (AvgIpc) is 2.21. The monoisotopic (exact) mass is 209 g/mol. The predicted octanol–water partition coefficient (Wildman–Crippen LogP) is 0.129. The van der Waals surface area contributed by atoms with Crippen molar-refractivity contribution >= 4 is 11.6 Å². The zero-order valence-electron chi connectivity index (χ0n) is 8.86. The Balaban J connectivity index is 2.95. The summed E-state index contributed by atoms with van der Waals surface area (Å²) in [5.41, 5.74) is 12.4. The quantitative estimate of drug-likeness (QED) is 0.688. The Kier molecular flexibility index (Phi) is 3.76. The Morgan fingerprint density at radius 3 is 2.93 bits per heavy atom. The fourth-order valence-electron chi connectivity index (χ4n) is 1.23. The molecule has 5 heteroatoms. The molecule has 0 saturated carbocycles. The molecule has 15 heavy (non-hydrogen) atoms. The molecule has 0 aliphatic carbocycles. The number of ketones is 1. The van der Waals surface area contributed by atoms with E-state index >= 15 is 0 Å². The molecule has 0 bridgehead atoms. The number of aromatic nitrogens is 1. The van der Waals surface area contributed by atoms with Gasteiger partial charge in [-0.15, -0.1) is 0 Å². The molecule has 1 heterocycles. The van der Waals surface area contributed by atoms with E-state index in [2.05, 4.69) is 4.98 Å². The van der Waals surface area contributed by atoms with Gasteiger partial charge < -0.3 is 16.2 Å². The van der Waals surface area contributed by atoms with E-state index in [9.17, 15) is 4.79 Å². The lowest BCUT2D eigenvalue weighted by molar-refractivity contribution is 0.0893. The van der Waals surface area contributed by atoms with Crippen LogP contribution in [0.25, 0.3) is 0 Å². The molecular weight excluding hydrogens is 194 g/mol. The first-order valence-electron chi connectivity index (χ1n) is 4.57. The molecule has 1 unspecified atom stereocenters. The predicted molar refractivity (Wildman–Crippen MR) is 57.6 cm³/mol. The summed E-state index contributed by atoms with van der Waals surface area (Å²) in [5, 5.41) is 0. The van der Waals surface area contributed by atoms with Gasteiger partial charge in [-0.25, -0.2) is 4.98 Å². The minimum Gasteiger partial charge on any atom is -0.383 e. The minimum absolute atomic E-state index is 0.173. The van der Waals surface area contributed by atoms with Gasteiger partial charge in [0.05, 0.1) is 18.2 Å². The number of ether oxygens (including phenoxy) is 1. The summed E-state index contributed by atoms with van der Waals surface area (Å²) >= 11 is 0. The summed E-state index contributed by atoms with van der Waals surface area (Å²) in [6.45, 7) is 2.01. The number of Topliss-reactive ketones (excluding diaryl/α,β-unsaturated/α-hetero) is 1. The van der Waals surface area contributed by atoms with Crippen LogP contribution in [-0.4, -0.2) is 30.5 Å². The van der Waals surface area contributed by atoms with E-state index in [0.717, 1.165) is 5.56 Å². The van der Waals surface area contributed by atoms with Crippen molar-refractivity contribution in [1.82, 2.24) is 4.98 Å². The van der Waals surface area contributed by atoms with Crippen molar-refractivity contribution in [2.75, 3.05) is 19.5 Å². The summed E-state index contributed by atoms with van der Waals surface area (Å²) in [6, 6.07) is 0.987. The van der Waals surface area contributed by atoms with E-state index in [1.54, 1.807) is 12.3 Å². The maximum Gasteiger partial charge on any atom is 0.185 e. The van der Waals surface area contributed by atoms with E-state index in [1.165, 1.54) is 7.11 Å². The van der Waals surface area contributed by atoms with Crippen LogP contribution < -0.4 is 11.5 Å². The number of carbonyl (C=O) groups is 1. The number of carbonyl (C=O) groups excluding carboxylic acids is 1. The molecule has 1 aromatic heterocycles. The van der Waals surface area contributed by atoms with E-state index in [1.807, 2.05) is 6.92 Å². The maximum atomic E-state index is 11.8. The molecule has 4 N–H and O–H groups in total. The van der Waals surface area contributed by atoms with Gasteiger partial charge in [0.15, 0.2) is 5.78 Å². The van der Waals surface area contributed by atoms with Crippen LogP contribution in [0.1, 0.15) is 15.9 Å². The Hall–Kier alpha value is -1.46. The Bertz CT molecular complexity index is 366. The highest BCUT2D eigenvalue weighted by Gasteiger charge is 2.18. The summed E-state index contributed by atoms with van der Waals surface area (Å²) < 4.78 is 4.81. The van der Waals surface area contributed by atoms with Crippen LogP contribution in [0.2, 0.25) is 0 Å². The molecule has 0 aliphatic heterocycles. The van der Waals surface area contributed by atoms with Crippen LogP contribution in [0, 0.1) is 6.92 Å². The van der Waals surface area contributed by atoms with Gasteiger partial charge >= 0.3 is 0 Å².